The smallest absolute Gasteiger partial charge is 0.187 e. The summed E-state index contributed by atoms with van der Waals surface area (Å²) in [4.78, 5) is 0. The van der Waals surface area contributed by atoms with Crippen molar-refractivity contribution in [1.29, 1.82) is 0 Å². The molecule has 26 nitrogen and oxygen atoms in total. The summed E-state index contributed by atoms with van der Waals surface area (Å²) in [6.45, 7) is -4.09. The molecule has 0 unspecified atom stereocenters. The van der Waals surface area contributed by atoms with Crippen molar-refractivity contribution < 1.29 is 129 Å². The molecule has 0 aromatic rings. The molecule has 25 atom stereocenters. The van der Waals surface area contributed by atoms with Crippen LogP contribution in [0, 0.1) is 0 Å². The molecule has 5 aliphatic rings. The molecule has 17 N–H and O–H groups in total. The second-order valence-electron chi connectivity index (χ2n) is 14.0. The van der Waals surface area contributed by atoms with Gasteiger partial charge in [-0.1, -0.05) is 0 Å². The van der Waals surface area contributed by atoms with E-state index in [9.17, 15) is 86.8 Å². The van der Waals surface area contributed by atoms with Gasteiger partial charge in [-0.25, -0.2) is 0 Å². The molecule has 0 amide bonds. The molecule has 0 radical (unpaired) electrons. The zero-order chi connectivity index (χ0) is 41.3. The van der Waals surface area contributed by atoms with Crippen molar-refractivity contribution in [2.75, 3.05) is 33.0 Å². The third-order valence-electron chi connectivity index (χ3n) is 10.3. The fourth-order valence-electron chi connectivity index (χ4n) is 6.81. The van der Waals surface area contributed by atoms with E-state index in [4.69, 9.17) is 42.6 Å². The van der Waals surface area contributed by atoms with Gasteiger partial charge >= 0.3 is 0 Å². The van der Waals surface area contributed by atoms with Crippen LogP contribution in [0.3, 0.4) is 0 Å². The fraction of sp³-hybridized carbons (Fsp3) is 1.00. The lowest BCUT2D eigenvalue weighted by Crippen LogP contribution is -2.67. The average Bonchev–Trinajstić information content (AvgIpc) is 3.18. The number of hydrogen-bond acceptors (Lipinski definition) is 26. The van der Waals surface area contributed by atoms with E-state index in [1.807, 2.05) is 0 Å². The van der Waals surface area contributed by atoms with Crippen molar-refractivity contribution in [3.63, 3.8) is 0 Å². The molecule has 0 bridgehead atoms. The number of hydrogen-bond donors (Lipinski definition) is 17. The SMILES string of the molecule is OC[C@H]1O[C@H](OC[C@H]2O[C@H](O[C@@H]3[C@H](O)[C@@H](O)O[C@H](CO[C@H]4O[C@H](CO)[C@@H](O)[C@H](O)[C@@H]4O)[C@H]3O)[C@@H](O)[C@@H](O[C@H]3O[C@H](CO)[C@@H](O)[C@H](O)[C@@H]3O)[C@@H]2O)[C@@H](O)[C@@H](O)[C@@H]1O. The normalized spacial score (nSPS) is 53.2. The monoisotopic (exact) mass is 828 g/mol. The Labute approximate surface area is 316 Å². The summed E-state index contributed by atoms with van der Waals surface area (Å²) in [6, 6.07) is 0. The largest absolute Gasteiger partial charge is 0.394 e. The lowest BCUT2D eigenvalue weighted by Gasteiger charge is -2.48. The van der Waals surface area contributed by atoms with E-state index < -0.39 is 187 Å². The Morgan fingerprint density at radius 3 is 1.04 bits per heavy atom. The maximum atomic E-state index is 11.4. The molecule has 5 saturated heterocycles. The van der Waals surface area contributed by atoms with Crippen LogP contribution in [0.2, 0.25) is 0 Å². The summed E-state index contributed by atoms with van der Waals surface area (Å²) in [7, 11) is 0. The maximum Gasteiger partial charge on any atom is 0.187 e. The summed E-state index contributed by atoms with van der Waals surface area (Å²) >= 11 is 0. The molecule has 5 rings (SSSR count). The molecule has 5 heterocycles. The third-order valence-corrected chi connectivity index (χ3v) is 10.3. The highest BCUT2D eigenvalue weighted by Gasteiger charge is 2.55. The van der Waals surface area contributed by atoms with Gasteiger partial charge < -0.3 is 129 Å². The van der Waals surface area contributed by atoms with E-state index in [0.29, 0.717) is 0 Å². The molecule has 56 heavy (non-hydrogen) atoms. The van der Waals surface area contributed by atoms with Crippen LogP contribution in [0.4, 0.5) is 0 Å². The van der Waals surface area contributed by atoms with Crippen molar-refractivity contribution in [2.45, 2.75) is 154 Å². The highest BCUT2D eigenvalue weighted by Crippen LogP contribution is 2.34. The Kier molecular flexibility index (Phi) is 16.1. The predicted octanol–water partition coefficient (Wildman–Crippen LogP) is -11.9. The first-order valence-electron chi connectivity index (χ1n) is 17.6. The molecule has 0 spiro atoms. The third kappa shape index (κ3) is 9.46. The zero-order valence-electron chi connectivity index (χ0n) is 29.2. The van der Waals surface area contributed by atoms with Crippen LogP contribution in [-0.4, -0.2) is 273 Å². The first-order chi connectivity index (χ1) is 26.4. The van der Waals surface area contributed by atoms with Gasteiger partial charge in [-0.3, -0.25) is 0 Å². The first-order valence-corrected chi connectivity index (χ1v) is 17.6. The van der Waals surface area contributed by atoms with E-state index in [2.05, 4.69) is 0 Å². The van der Waals surface area contributed by atoms with E-state index in [1.54, 1.807) is 0 Å². The summed E-state index contributed by atoms with van der Waals surface area (Å²) in [5.74, 6) is 0. The van der Waals surface area contributed by atoms with Gasteiger partial charge in [0.1, 0.15) is 122 Å². The number of aliphatic hydroxyl groups excluding tert-OH is 17. The van der Waals surface area contributed by atoms with Gasteiger partial charge in [0.25, 0.3) is 0 Å². The molecule has 26 heteroatoms. The second kappa shape index (κ2) is 19.6. The average molecular weight is 829 g/mol. The minimum atomic E-state index is -2.18. The topological polar surface area (TPSA) is 427 Å². The lowest BCUT2D eigenvalue weighted by molar-refractivity contribution is -0.385. The number of rotatable bonds is 13. The Bertz CT molecular complexity index is 1200. The molecule has 5 aliphatic heterocycles. The first kappa shape index (κ1) is 46.0. The molecule has 0 aromatic heterocycles. The quantitative estimate of drug-likeness (QED) is 0.0819. The highest BCUT2D eigenvalue weighted by molar-refractivity contribution is 4.97. The van der Waals surface area contributed by atoms with E-state index in [-0.39, 0.29) is 0 Å². The molecule has 0 aliphatic carbocycles. The van der Waals surface area contributed by atoms with Gasteiger partial charge in [0.2, 0.25) is 0 Å². The lowest BCUT2D eigenvalue weighted by atomic mass is 9.95. The van der Waals surface area contributed by atoms with Crippen molar-refractivity contribution in [2.24, 2.45) is 0 Å². The second-order valence-corrected chi connectivity index (χ2v) is 14.0. The summed E-state index contributed by atoms with van der Waals surface area (Å²) in [5, 5.41) is 176. The number of ether oxygens (including phenoxy) is 9. The van der Waals surface area contributed by atoms with Gasteiger partial charge in [-0.2, -0.15) is 0 Å². The minimum absolute atomic E-state index is 0.765. The highest BCUT2D eigenvalue weighted by atomic mass is 16.8. The Hall–Kier alpha value is -1.04. The molecule has 0 saturated carbocycles. The van der Waals surface area contributed by atoms with Crippen LogP contribution in [0.1, 0.15) is 0 Å². The van der Waals surface area contributed by atoms with Gasteiger partial charge in [0.15, 0.2) is 31.5 Å². The van der Waals surface area contributed by atoms with Gasteiger partial charge in [-0.05, 0) is 0 Å². The van der Waals surface area contributed by atoms with Gasteiger partial charge in [-0.15, -0.1) is 0 Å². The maximum absolute atomic E-state index is 11.4. The van der Waals surface area contributed by atoms with Crippen LogP contribution >= 0.6 is 0 Å². The number of aliphatic hydroxyl groups is 17. The zero-order valence-corrected chi connectivity index (χ0v) is 29.2. The summed E-state index contributed by atoms with van der Waals surface area (Å²) in [6.07, 6.45) is -46.3. The molecular weight excluding hydrogens is 776 g/mol. The van der Waals surface area contributed by atoms with Crippen LogP contribution in [0.25, 0.3) is 0 Å². The van der Waals surface area contributed by atoms with Crippen LogP contribution < -0.4 is 0 Å². The van der Waals surface area contributed by atoms with E-state index in [0.717, 1.165) is 0 Å². The van der Waals surface area contributed by atoms with E-state index >= 15 is 0 Å². The fourth-order valence-corrected chi connectivity index (χ4v) is 6.81. The van der Waals surface area contributed by atoms with Gasteiger partial charge in [0.05, 0.1) is 33.0 Å². The van der Waals surface area contributed by atoms with E-state index in [1.165, 1.54) is 0 Å². The van der Waals surface area contributed by atoms with Crippen LogP contribution in [0.15, 0.2) is 0 Å². The van der Waals surface area contributed by atoms with Crippen LogP contribution in [0.5, 0.6) is 0 Å². The minimum Gasteiger partial charge on any atom is -0.394 e. The van der Waals surface area contributed by atoms with Crippen molar-refractivity contribution in [3.8, 4) is 0 Å². The summed E-state index contributed by atoms with van der Waals surface area (Å²) in [5.41, 5.74) is 0. The molecular formula is C30H52O26. The van der Waals surface area contributed by atoms with Crippen LogP contribution in [-0.2, 0) is 42.6 Å². The Morgan fingerprint density at radius 1 is 0.304 bits per heavy atom. The molecule has 328 valence electrons. The van der Waals surface area contributed by atoms with Crippen molar-refractivity contribution in [3.05, 3.63) is 0 Å². The summed E-state index contributed by atoms with van der Waals surface area (Å²) < 4.78 is 49.0. The molecule has 0 aromatic carbocycles. The molecule has 5 fully saturated rings. The predicted molar refractivity (Wildman–Crippen MR) is 167 cm³/mol. The Balaban J connectivity index is 1.34. The standard InChI is InChI=1S/C30H52O26/c31-1-6-11(34)16(39)19(42)27(51-6)48-4-9-14(37)24(22(45)26(47)50-9)55-30-23(46)25(56-29-21(44)18(41)13(36)8(3-33)53-29)15(38)10(54-30)5-49-28-20(43)17(40)12(35)7(2-32)52-28/h6-47H,1-5H2/t6-,7-,8-,9-,10-,11-,12-,13-,14-,15-,16+,17+,18+,19+,20+,21+,22+,23+,24+,25+,26+,27+,28+,29-,30-/m1/s1. The Morgan fingerprint density at radius 2 is 0.625 bits per heavy atom. The van der Waals surface area contributed by atoms with Crippen molar-refractivity contribution in [1.82, 2.24) is 0 Å². The van der Waals surface area contributed by atoms with Gasteiger partial charge in [0, 0.05) is 0 Å². The van der Waals surface area contributed by atoms with Crippen molar-refractivity contribution >= 4 is 0 Å².